The van der Waals surface area contributed by atoms with Crippen molar-refractivity contribution >= 4 is 11.9 Å². The van der Waals surface area contributed by atoms with Gasteiger partial charge in [0.05, 0.1) is 6.10 Å². The zero-order valence-electron chi connectivity index (χ0n) is 9.65. The Morgan fingerprint density at radius 2 is 1.89 bits per heavy atom. The molecule has 0 amide bonds. The molecule has 2 atom stereocenters. The number of ether oxygens (including phenoxy) is 1. The van der Waals surface area contributed by atoms with Gasteiger partial charge in [0.15, 0.2) is 5.92 Å². The number of hydrogen-bond acceptors (Lipinski definition) is 5. The van der Waals surface area contributed by atoms with Gasteiger partial charge in [0.1, 0.15) is 6.61 Å². The Morgan fingerprint density at radius 3 is 2.39 bits per heavy atom. The van der Waals surface area contributed by atoms with E-state index in [1.165, 1.54) is 0 Å². The molecule has 0 aliphatic carbocycles. The van der Waals surface area contributed by atoms with Crippen LogP contribution in [-0.2, 0) is 20.9 Å². The zero-order chi connectivity index (χ0) is 13.5. The van der Waals surface area contributed by atoms with E-state index in [1.54, 1.807) is 24.3 Å². The monoisotopic (exact) mass is 253 g/mol. The average Bonchev–Trinajstić information content (AvgIpc) is 2.37. The molecule has 0 saturated carbocycles. The van der Waals surface area contributed by atoms with Crippen LogP contribution in [0.2, 0.25) is 0 Å². The highest BCUT2D eigenvalue weighted by atomic mass is 16.5. The molecule has 0 spiro atoms. The van der Waals surface area contributed by atoms with Crippen LogP contribution in [0.25, 0.3) is 0 Å². The molecule has 0 saturated heterocycles. The van der Waals surface area contributed by atoms with Crippen LogP contribution in [0.3, 0.4) is 0 Å². The van der Waals surface area contributed by atoms with Crippen molar-refractivity contribution in [3.63, 3.8) is 0 Å². The van der Waals surface area contributed by atoms with Crippen molar-refractivity contribution < 1.29 is 24.5 Å². The lowest BCUT2D eigenvalue weighted by Crippen LogP contribution is -2.40. The van der Waals surface area contributed by atoms with Crippen LogP contribution in [0.5, 0.6) is 0 Å². The van der Waals surface area contributed by atoms with Crippen LogP contribution in [0.15, 0.2) is 30.3 Å². The van der Waals surface area contributed by atoms with Gasteiger partial charge in [0.25, 0.3) is 0 Å². The van der Waals surface area contributed by atoms with E-state index in [-0.39, 0.29) is 13.2 Å². The lowest BCUT2D eigenvalue weighted by Gasteiger charge is -2.16. The van der Waals surface area contributed by atoms with Crippen LogP contribution in [0.4, 0.5) is 0 Å². The summed E-state index contributed by atoms with van der Waals surface area (Å²) in [4.78, 5) is 22.4. The fourth-order valence-corrected chi connectivity index (χ4v) is 1.38. The molecule has 2 unspecified atom stereocenters. The van der Waals surface area contributed by atoms with E-state index in [0.29, 0.717) is 0 Å². The van der Waals surface area contributed by atoms with Crippen molar-refractivity contribution in [1.82, 2.24) is 0 Å². The first-order valence-corrected chi connectivity index (χ1v) is 5.37. The lowest BCUT2D eigenvalue weighted by atomic mass is 10.0. The minimum Gasteiger partial charge on any atom is -0.481 e. The summed E-state index contributed by atoms with van der Waals surface area (Å²) in [7, 11) is 0. The van der Waals surface area contributed by atoms with Gasteiger partial charge < -0.3 is 20.7 Å². The summed E-state index contributed by atoms with van der Waals surface area (Å²) in [5.74, 6) is -4.10. The summed E-state index contributed by atoms with van der Waals surface area (Å²) in [6.07, 6.45) is -1.45. The average molecular weight is 253 g/mol. The number of carboxylic acids is 1. The predicted octanol–water partition coefficient (Wildman–Crippen LogP) is -0.250. The van der Waals surface area contributed by atoms with Gasteiger partial charge in [-0.15, -0.1) is 0 Å². The number of carboxylic acid groups (broad SMARTS) is 1. The van der Waals surface area contributed by atoms with Crippen molar-refractivity contribution in [2.75, 3.05) is 6.54 Å². The first kappa shape index (κ1) is 14.1. The van der Waals surface area contributed by atoms with Gasteiger partial charge in [0.2, 0.25) is 0 Å². The fraction of sp³-hybridized carbons (Fsp3) is 0.333. The molecule has 4 N–H and O–H groups in total. The molecule has 0 bridgehead atoms. The SMILES string of the molecule is NCC(O)C(C(=O)O)C(=O)OCc1ccccc1. The summed E-state index contributed by atoms with van der Waals surface area (Å²) in [6.45, 7) is -0.363. The summed E-state index contributed by atoms with van der Waals surface area (Å²) in [5, 5.41) is 18.2. The number of hydrogen-bond donors (Lipinski definition) is 3. The Bertz CT molecular complexity index is 406. The molecule has 1 aromatic rings. The fourth-order valence-electron chi connectivity index (χ4n) is 1.38. The number of carbonyl (C=O) groups is 2. The Hall–Kier alpha value is -1.92. The molecule has 6 heteroatoms. The summed E-state index contributed by atoms with van der Waals surface area (Å²) in [6, 6.07) is 8.83. The maximum atomic E-state index is 11.5. The van der Waals surface area contributed by atoms with E-state index in [4.69, 9.17) is 15.6 Å². The van der Waals surface area contributed by atoms with Gasteiger partial charge in [-0.2, -0.15) is 0 Å². The maximum Gasteiger partial charge on any atom is 0.323 e. The second kappa shape index (κ2) is 6.73. The molecule has 0 aromatic heterocycles. The summed E-state index contributed by atoms with van der Waals surface area (Å²) >= 11 is 0. The van der Waals surface area contributed by atoms with Crippen LogP contribution >= 0.6 is 0 Å². The van der Waals surface area contributed by atoms with E-state index in [2.05, 4.69) is 0 Å². The maximum absolute atomic E-state index is 11.5. The van der Waals surface area contributed by atoms with Crippen molar-refractivity contribution in [2.45, 2.75) is 12.7 Å². The second-order valence-corrected chi connectivity index (χ2v) is 3.71. The van der Waals surface area contributed by atoms with Crippen LogP contribution in [0.1, 0.15) is 5.56 Å². The third-order valence-electron chi connectivity index (χ3n) is 2.37. The molecule has 0 aliphatic rings. The minimum absolute atomic E-state index is 0.0409. The number of carbonyl (C=O) groups excluding carboxylic acids is 1. The minimum atomic E-state index is -1.65. The van der Waals surface area contributed by atoms with E-state index in [0.717, 1.165) is 5.56 Å². The highest BCUT2D eigenvalue weighted by molar-refractivity contribution is 5.94. The zero-order valence-corrected chi connectivity index (χ0v) is 9.65. The third kappa shape index (κ3) is 3.83. The van der Waals surface area contributed by atoms with Gasteiger partial charge in [-0.25, -0.2) is 0 Å². The van der Waals surface area contributed by atoms with Gasteiger partial charge in [-0.05, 0) is 5.56 Å². The lowest BCUT2D eigenvalue weighted by molar-refractivity contribution is -0.164. The largest absolute Gasteiger partial charge is 0.481 e. The van der Waals surface area contributed by atoms with Gasteiger partial charge in [-0.3, -0.25) is 9.59 Å². The molecule has 0 heterocycles. The first-order valence-electron chi connectivity index (χ1n) is 5.37. The molecule has 0 radical (unpaired) electrons. The smallest absolute Gasteiger partial charge is 0.323 e. The van der Waals surface area contributed by atoms with E-state index in [9.17, 15) is 14.7 Å². The highest BCUT2D eigenvalue weighted by Crippen LogP contribution is 2.09. The van der Waals surface area contributed by atoms with Crippen LogP contribution < -0.4 is 5.73 Å². The van der Waals surface area contributed by atoms with Crippen LogP contribution in [0, 0.1) is 5.92 Å². The number of esters is 1. The van der Waals surface area contributed by atoms with Gasteiger partial charge >= 0.3 is 11.9 Å². The van der Waals surface area contributed by atoms with E-state index in [1.807, 2.05) is 6.07 Å². The van der Waals surface area contributed by atoms with Crippen LogP contribution in [-0.4, -0.2) is 34.8 Å². The second-order valence-electron chi connectivity index (χ2n) is 3.71. The molecule has 6 nitrogen and oxygen atoms in total. The number of rotatable bonds is 6. The van der Waals surface area contributed by atoms with Crippen molar-refractivity contribution in [2.24, 2.45) is 11.7 Å². The normalized spacial score (nSPS) is 13.7. The Labute approximate surface area is 104 Å². The molecule has 0 fully saturated rings. The molecule has 1 rings (SSSR count). The van der Waals surface area contributed by atoms with Gasteiger partial charge in [-0.1, -0.05) is 30.3 Å². The van der Waals surface area contributed by atoms with Crippen molar-refractivity contribution in [3.05, 3.63) is 35.9 Å². The standard InChI is InChI=1S/C12H15NO5/c13-6-9(14)10(11(15)16)12(17)18-7-8-4-2-1-3-5-8/h1-5,9-10,14H,6-7,13H2,(H,15,16). The third-order valence-corrected chi connectivity index (χ3v) is 2.37. The Kier molecular flexibility index (Phi) is 5.29. The molecular weight excluding hydrogens is 238 g/mol. The van der Waals surface area contributed by atoms with Crippen molar-refractivity contribution in [3.8, 4) is 0 Å². The molecule has 1 aromatic carbocycles. The number of nitrogens with two attached hydrogens (primary N) is 1. The first-order chi connectivity index (χ1) is 8.56. The molecular formula is C12H15NO5. The quantitative estimate of drug-likeness (QED) is 0.476. The Balaban J connectivity index is 2.60. The van der Waals surface area contributed by atoms with E-state index < -0.39 is 24.0 Å². The predicted molar refractivity (Wildman–Crippen MR) is 62.4 cm³/mol. The highest BCUT2D eigenvalue weighted by Gasteiger charge is 2.34. The number of aliphatic hydroxyl groups excluding tert-OH is 1. The topological polar surface area (TPSA) is 110 Å². The Morgan fingerprint density at radius 1 is 1.28 bits per heavy atom. The summed E-state index contributed by atoms with van der Waals surface area (Å²) < 4.78 is 4.84. The summed E-state index contributed by atoms with van der Waals surface area (Å²) in [5.41, 5.74) is 5.87. The molecule has 18 heavy (non-hydrogen) atoms. The van der Waals surface area contributed by atoms with Gasteiger partial charge in [0, 0.05) is 6.54 Å². The number of aliphatic hydroxyl groups is 1. The molecule has 98 valence electrons. The van der Waals surface area contributed by atoms with Crippen molar-refractivity contribution in [1.29, 1.82) is 0 Å². The number of benzene rings is 1. The number of aliphatic carboxylic acids is 1. The van der Waals surface area contributed by atoms with E-state index >= 15 is 0 Å². The molecule has 0 aliphatic heterocycles.